The first-order chi connectivity index (χ1) is 9.86. The second-order valence-corrected chi connectivity index (χ2v) is 7.22. The summed E-state index contributed by atoms with van der Waals surface area (Å²) in [5.74, 6) is -0.604. The third-order valence-electron chi connectivity index (χ3n) is 3.48. The van der Waals surface area contributed by atoms with E-state index in [1.54, 1.807) is 0 Å². The number of nitrogens with zero attached hydrogens (tertiary/aromatic N) is 1. The molecule has 1 saturated heterocycles. The number of hydrogen-bond donors (Lipinski definition) is 1. The molecule has 6 nitrogen and oxygen atoms in total. The molecule has 1 aliphatic heterocycles. The van der Waals surface area contributed by atoms with E-state index in [2.05, 4.69) is 4.74 Å². The van der Waals surface area contributed by atoms with E-state index in [4.69, 9.17) is 17.3 Å². The maximum absolute atomic E-state index is 12.5. The number of piperidine rings is 1. The van der Waals surface area contributed by atoms with Crippen LogP contribution < -0.4 is 5.73 Å². The number of ether oxygens (including phenoxy) is 1. The van der Waals surface area contributed by atoms with Crippen molar-refractivity contribution in [2.75, 3.05) is 20.2 Å². The Labute approximate surface area is 128 Å². The molecule has 1 aromatic carbocycles. The van der Waals surface area contributed by atoms with Gasteiger partial charge < -0.3 is 10.5 Å². The summed E-state index contributed by atoms with van der Waals surface area (Å²) in [4.78, 5) is 11.5. The van der Waals surface area contributed by atoms with Crippen LogP contribution in [-0.2, 0) is 14.8 Å². The second kappa shape index (κ2) is 6.31. The average Bonchev–Trinajstić information content (AvgIpc) is 2.46. The van der Waals surface area contributed by atoms with Crippen LogP contribution in [0.1, 0.15) is 23.2 Å². The van der Waals surface area contributed by atoms with Crippen LogP contribution in [-0.4, -0.2) is 44.9 Å². The molecule has 8 heteroatoms. The first-order valence-electron chi connectivity index (χ1n) is 6.50. The number of halogens is 1. The van der Waals surface area contributed by atoms with Crippen LogP contribution in [0.3, 0.4) is 0 Å². The molecule has 1 heterocycles. The fraction of sp³-hybridized carbons (Fsp3) is 0.462. The van der Waals surface area contributed by atoms with Crippen molar-refractivity contribution in [3.63, 3.8) is 0 Å². The lowest BCUT2D eigenvalue weighted by Gasteiger charge is -2.29. The van der Waals surface area contributed by atoms with E-state index in [0.29, 0.717) is 25.9 Å². The zero-order valence-corrected chi connectivity index (χ0v) is 13.2. The van der Waals surface area contributed by atoms with Gasteiger partial charge in [0.25, 0.3) is 0 Å². The Balaban J connectivity index is 2.29. The zero-order valence-electron chi connectivity index (χ0n) is 11.6. The highest BCUT2D eigenvalue weighted by molar-refractivity contribution is 7.89. The molecule has 1 aromatic rings. The second-order valence-electron chi connectivity index (χ2n) is 4.87. The van der Waals surface area contributed by atoms with Crippen LogP contribution in [0.2, 0.25) is 5.02 Å². The summed E-state index contributed by atoms with van der Waals surface area (Å²) in [6, 6.07) is 4.04. The Kier molecular flexibility index (Phi) is 4.88. The Morgan fingerprint density at radius 2 is 2.00 bits per heavy atom. The van der Waals surface area contributed by atoms with Gasteiger partial charge in [-0.2, -0.15) is 4.31 Å². The third-order valence-corrected chi connectivity index (χ3v) is 5.69. The molecule has 2 rings (SSSR count). The summed E-state index contributed by atoms with van der Waals surface area (Å²) < 4.78 is 31.0. The third kappa shape index (κ3) is 3.37. The molecule has 0 amide bonds. The lowest BCUT2D eigenvalue weighted by Crippen LogP contribution is -2.42. The topological polar surface area (TPSA) is 89.7 Å². The van der Waals surface area contributed by atoms with Gasteiger partial charge in [-0.05, 0) is 31.0 Å². The van der Waals surface area contributed by atoms with Crippen LogP contribution >= 0.6 is 11.6 Å². The summed E-state index contributed by atoms with van der Waals surface area (Å²) in [7, 11) is -2.38. The number of esters is 1. The predicted octanol–water partition coefficient (Wildman–Crippen LogP) is 1.24. The zero-order chi connectivity index (χ0) is 15.6. The molecule has 0 aliphatic carbocycles. The van der Waals surface area contributed by atoms with Crippen molar-refractivity contribution in [3.05, 3.63) is 28.8 Å². The Morgan fingerprint density at radius 3 is 2.52 bits per heavy atom. The minimum Gasteiger partial charge on any atom is -0.465 e. The summed E-state index contributed by atoms with van der Waals surface area (Å²) in [5.41, 5.74) is 5.92. The number of sulfonamides is 1. The van der Waals surface area contributed by atoms with Crippen molar-refractivity contribution >= 4 is 27.6 Å². The van der Waals surface area contributed by atoms with Gasteiger partial charge >= 0.3 is 5.97 Å². The summed E-state index contributed by atoms with van der Waals surface area (Å²) in [5, 5.41) is 0.0524. The number of carbonyl (C=O) groups excluding carboxylic acids is 1. The Hall–Kier alpha value is -1.15. The normalized spacial score (nSPS) is 17.7. The molecular weight excluding hydrogens is 316 g/mol. The van der Waals surface area contributed by atoms with Gasteiger partial charge in [-0.3, -0.25) is 0 Å². The number of rotatable bonds is 3. The smallest absolute Gasteiger partial charge is 0.339 e. The highest BCUT2D eigenvalue weighted by atomic mass is 35.5. The average molecular weight is 333 g/mol. The van der Waals surface area contributed by atoms with E-state index in [1.165, 1.54) is 29.6 Å². The van der Waals surface area contributed by atoms with Crippen molar-refractivity contribution in [1.29, 1.82) is 0 Å². The molecule has 0 spiro atoms. The number of hydrogen-bond acceptors (Lipinski definition) is 5. The van der Waals surface area contributed by atoms with E-state index in [-0.39, 0.29) is 21.5 Å². The van der Waals surface area contributed by atoms with Crippen LogP contribution in [0, 0.1) is 0 Å². The van der Waals surface area contributed by atoms with Gasteiger partial charge in [-0.15, -0.1) is 0 Å². The van der Waals surface area contributed by atoms with Gasteiger partial charge in [0.05, 0.1) is 22.6 Å². The Morgan fingerprint density at radius 1 is 1.38 bits per heavy atom. The van der Waals surface area contributed by atoms with Crippen LogP contribution in [0.15, 0.2) is 23.1 Å². The molecule has 0 bridgehead atoms. The fourth-order valence-electron chi connectivity index (χ4n) is 2.20. The maximum Gasteiger partial charge on any atom is 0.339 e. The van der Waals surface area contributed by atoms with Crippen molar-refractivity contribution in [1.82, 2.24) is 4.31 Å². The standard InChI is InChI=1S/C13H17ClN2O4S/c1-20-13(17)11-3-2-10(8-12(11)14)21(18,19)16-6-4-9(15)5-7-16/h2-3,8-9H,4-7,15H2,1H3. The molecular formula is C13H17ClN2O4S. The lowest BCUT2D eigenvalue weighted by atomic mass is 10.1. The first-order valence-corrected chi connectivity index (χ1v) is 8.31. The highest BCUT2D eigenvalue weighted by Gasteiger charge is 2.29. The molecule has 116 valence electrons. The monoisotopic (exact) mass is 332 g/mol. The minimum atomic E-state index is -3.62. The largest absolute Gasteiger partial charge is 0.465 e. The molecule has 0 aromatic heterocycles. The number of benzene rings is 1. The number of carbonyl (C=O) groups is 1. The summed E-state index contributed by atoms with van der Waals surface area (Å²) >= 11 is 5.97. The SMILES string of the molecule is COC(=O)c1ccc(S(=O)(=O)N2CCC(N)CC2)cc1Cl. The van der Waals surface area contributed by atoms with Gasteiger partial charge in [0.1, 0.15) is 0 Å². The van der Waals surface area contributed by atoms with Crippen molar-refractivity contribution < 1.29 is 17.9 Å². The molecule has 21 heavy (non-hydrogen) atoms. The fourth-order valence-corrected chi connectivity index (χ4v) is 4.02. The minimum absolute atomic E-state index is 0.0433. The van der Waals surface area contributed by atoms with E-state index in [1.807, 2.05) is 0 Å². The van der Waals surface area contributed by atoms with Crippen LogP contribution in [0.4, 0.5) is 0 Å². The Bertz CT molecular complexity index is 640. The van der Waals surface area contributed by atoms with Crippen molar-refractivity contribution in [2.24, 2.45) is 5.73 Å². The van der Waals surface area contributed by atoms with Gasteiger partial charge in [0, 0.05) is 19.1 Å². The quantitative estimate of drug-likeness (QED) is 0.841. The lowest BCUT2D eigenvalue weighted by molar-refractivity contribution is 0.0601. The van der Waals surface area contributed by atoms with Gasteiger partial charge in [0.15, 0.2) is 0 Å². The van der Waals surface area contributed by atoms with Gasteiger partial charge in [-0.1, -0.05) is 11.6 Å². The van der Waals surface area contributed by atoms with E-state index >= 15 is 0 Å². The van der Waals surface area contributed by atoms with E-state index < -0.39 is 16.0 Å². The summed E-state index contributed by atoms with van der Waals surface area (Å²) in [6.07, 6.45) is 1.26. The molecule has 0 unspecified atom stereocenters. The number of methoxy groups -OCH3 is 1. The van der Waals surface area contributed by atoms with Crippen molar-refractivity contribution in [3.8, 4) is 0 Å². The molecule has 1 fully saturated rings. The van der Waals surface area contributed by atoms with Crippen molar-refractivity contribution in [2.45, 2.75) is 23.8 Å². The van der Waals surface area contributed by atoms with Crippen LogP contribution in [0.5, 0.6) is 0 Å². The molecule has 2 N–H and O–H groups in total. The number of nitrogens with two attached hydrogens (primary N) is 1. The van der Waals surface area contributed by atoms with E-state index in [9.17, 15) is 13.2 Å². The van der Waals surface area contributed by atoms with Crippen LogP contribution in [0.25, 0.3) is 0 Å². The highest BCUT2D eigenvalue weighted by Crippen LogP contribution is 2.25. The summed E-state index contributed by atoms with van der Waals surface area (Å²) in [6.45, 7) is 0.778. The van der Waals surface area contributed by atoms with E-state index in [0.717, 1.165) is 0 Å². The maximum atomic E-state index is 12.5. The van der Waals surface area contributed by atoms with Gasteiger partial charge in [-0.25, -0.2) is 13.2 Å². The molecule has 0 saturated carbocycles. The molecule has 0 radical (unpaired) electrons. The predicted molar refractivity (Wildman–Crippen MR) is 78.8 cm³/mol. The first kappa shape index (κ1) is 16.2. The molecule has 1 aliphatic rings. The van der Waals surface area contributed by atoms with Gasteiger partial charge in [0.2, 0.25) is 10.0 Å². The molecule has 0 atom stereocenters.